The molecule has 0 spiro atoms. The number of halogens is 1. The van der Waals surface area contributed by atoms with Gasteiger partial charge in [-0.15, -0.1) is 0 Å². The Kier molecular flexibility index (Phi) is 5.28. The third-order valence-corrected chi connectivity index (χ3v) is 4.95. The Balaban J connectivity index is 1.64. The zero-order valence-electron chi connectivity index (χ0n) is 15.4. The van der Waals surface area contributed by atoms with Crippen molar-refractivity contribution in [2.45, 2.75) is 27.3 Å². The van der Waals surface area contributed by atoms with Gasteiger partial charge in [-0.25, -0.2) is 0 Å². The summed E-state index contributed by atoms with van der Waals surface area (Å²) < 4.78 is 10.6. The Hall–Kier alpha value is -2.73. The lowest BCUT2D eigenvalue weighted by atomic mass is 9.90. The summed E-state index contributed by atoms with van der Waals surface area (Å²) in [7, 11) is 0. The summed E-state index contributed by atoms with van der Waals surface area (Å²) in [5.41, 5.74) is 0.938. The molecule has 142 valence electrons. The molecule has 0 fully saturated rings. The van der Waals surface area contributed by atoms with Crippen molar-refractivity contribution in [1.29, 1.82) is 0 Å². The first kappa shape index (κ1) is 19.0. The molecule has 0 radical (unpaired) electrons. The highest BCUT2D eigenvalue weighted by molar-refractivity contribution is 6.31. The van der Waals surface area contributed by atoms with E-state index < -0.39 is 11.3 Å². The topological polar surface area (TPSA) is 76.7 Å². The summed E-state index contributed by atoms with van der Waals surface area (Å²) in [6.45, 7) is 5.45. The molecular formula is C20H21ClN2O4. The fraction of sp³-hybridized carbons (Fsp3) is 0.300. The number of carbonyl (C=O) groups excluding carboxylic acids is 2. The third kappa shape index (κ3) is 4.01. The molecule has 2 amide bonds. The Morgan fingerprint density at radius 1 is 1.11 bits per heavy atom. The molecule has 1 aliphatic heterocycles. The summed E-state index contributed by atoms with van der Waals surface area (Å²) in [4.78, 5) is 25.3. The molecule has 3 rings (SSSR count). The molecule has 0 saturated carbocycles. The number of nitrogens with one attached hydrogen (secondary N) is 2. The molecule has 0 atom stereocenters. The number of fused-ring (bicyclic) bond motifs is 1. The molecule has 7 heteroatoms. The minimum Gasteiger partial charge on any atom is -0.454 e. The quantitative estimate of drug-likeness (QED) is 0.766. The number of benzene rings is 2. The standard InChI is InChI=1S/C20H21ClN2O4/c1-12-14(21)5-4-6-15(12)23-19(25)20(2,3)18(24)22-10-13-7-8-16-17(9-13)27-11-26-16/h4-9H,10-11H2,1-3H3,(H,22,24)(H,23,25). The van der Waals surface area contributed by atoms with E-state index in [1.54, 1.807) is 38.1 Å². The SMILES string of the molecule is Cc1c(Cl)cccc1NC(=O)C(C)(C)C(=O)NCc1ccc2c(c1)OCO2. The Bertz CT molecular complexity index is 896. The Morgan fingerprint density at radius 2 is 1.85 bits per heavy atom. The molecule has 0 saturated heterocycles. The first-order valence-electron chi connectivity index (χ1n) is 8.52. The summed E-state index contributed by atoms with van der Waals surface area (Å²) in [6.07, 6.45) is 0. The zero-order valence-corrected chi connectivity index (χ0v) is 16.1. The van der Waals surface area contributed by atoms with Crippen LogP contribution in [0.4, 0.5) is 5.69 Å². The third-order valence-electron chi connectivity index (χ3n) is 4.54. The van der Waals surface area contributed by atoms with Gasteiger partial charge >= 0.3 is 0 Å². The minimum atomic E-state index is -1.26. The maximum Gasteiger partial charge on any atom is 0.239 e. The van der Waals surface area contributed by atoms with Crippen LogP contribution in [0.1, 0.15) is 25.0 Å². The zero-order chi connectivity index (χ0) is 19.6. The van der Waals surface area contributed by atoms with Crippen molar-refractivity contribution < 1.29 is 19.1 Å². The number of hydrogen-bond acceptors (Lipinski definition) is 4. The van der Waals surface area contributed by atoms with E-state index in [4.69, 9.17) is 21.1 Å². The number of amides is 2. The molecule has 2 N–H and O–H groups in total. The maximum absolute atomic E-state index is 12.7. The molecule has 0 bridgehead atoms. The molecular weight excluding hydrogens is 368 g/mol. The van der Waals surface area contributed by atoms with Crippen molar-refractivity contribution in [1.82, 2.24) is 5.32 Å². The molecule has 0 aliphatic carbocycles. The Morgan fingerprint density at radius 3 is 2.63 bits per heavy atom. The molecule has 6 nitrogen and oxygen atoms in total. The van der Waals surface area contributed by atoms with Gasteiger partial charge < -0.3 is 20.1 Å². The number of carbonyl (C=O) groups is 2. The number of rotatable bonds is 5. The summed E-state index contributed by atoms with van der Waals surface area (Å²) in [5.74, 6) is 0.547. The van der Waals surface area contributed by atoms with Crippen molar-refractivity contribution in [2.75, 3.05) is 12.1 Å². The molecule has 0 unspecified atom stereocenters. The first-order valence-corrected chi connectivity index (χ1v) is 8.90. The largest absolute Gasteiger partial charge is 0.454 e. The van der Waals surface area contributed by atoms with Crippen molar-refractivity contribution in [3.63, 3.8) is 0 Å². The van der Waals surface area contributed by atoms with E-state index >= 15 is 0 Å². The molecule has 27 heavy (non-hydrogen) atoms. The second-order valence-electron chi connectivity index (χ2n) is 6.86. The molecule has 0 aromatic heterocycles. The lowest BCUT2D eigenvalue weighted by Crippen LogP contribution is -2.45. The molecule has 1 heterocycles. The highest BCUT2D eigenvalue weighted by Gasteiger charge is 2.36. The predicted molar refractivity (Wildman–Crippen MR) is 103 cm³/mol. The van der Waals surface area contributed by atoms with Crippen LogP contribution in [-0.4, -0.2) is 18.6 Å². The van der Waals surface area contributed by atoms with Crippen LogP contribution in [0.25, 0.3) is 0 Å². The van der Waals surface area contributed by atoms with E-state index in [1.165, 1.54) is 0 Å². The van der Waals surface area contributed by atoms with Crippen LogP contribution in [0.3, 0.4) is 0 Å². The number of anilines is 1. The Labute approximate surface area is 162 Å². The first-order chi connectivity index (χ1) is 12.8. The fourth-order valence-electron chi connectivity index (χ4n) is 2.58. The highest BCUT2D eigenvalue weighted by atomic mass is 35.5. The van der Waals surface area contributed by atoms with Crippen LogP contribution < -0.4 is 20.1 Å². The van der Waals surface area contributed by atoms with E-state index in [1.807, 2.05) is 19.1 Å². The van der Waals surface area contributed by atoms with Gasteiger partial charge in [0, 0.05) is 17.3 Å². The van der Waals surface area contributed by atoms with Crippen molar-refractivity contribution in [3.05, 3.63) is 52.5 Å². The van der Waals surface area contributed by atoms with E-state index in [9.17, 15) is 9.59 Å². The smallest absolute Gasteiger partial charge is 0.239 e. The van der Waals surface area contributed by atoms with Crippen LogP contribution in [0.15, 0.2) is 36.4 Å². The predicted octanol–water partition coefficient (Wildman–Crippen LogP) is 3.66. The normalized spacial score (nSPS) is 12.6. The number of ether oxygens (including phenoxy) is 2. The van der Waals surface area contributed by atoms with Crippen molar-refractivity contribution >= 4 is 29.1 Å². The van der Waals surface area contributed by atoms with Crippen molar-refractivity contribution in [2.24, 2.45) is 5.41 Å². The summed E-state index contributed by atoms with van der Waals surface area (Å²) in [6, 6.07) is 10.7. The lowest BCUT2D eigenvalue weighted by molar-refractivity contribution is -0.138. The minimum absolute atomic E-state index is 0.196. The average Bonchev–Trinajstić information content (AvgIpc) is 3.11. The van der Waals surface area contributed by atoms with Gasteiger partial charge in [-0.3, -0.25) is 9.59 Å². The van der Waals surface area contributed by atoms with Gasteiger partial charge in [0.25, 0.3) is 0 Å². The number of hydrogen-bond donors (Lipinski definition) is 2. The molecule has 1 aliphatic rings. The van der Waals surface area contributed by atoms with Gasteiger partial charge in [0.2, 0.25) is 18.6 Å². The van der Waals surface area contributed by atoms with Gasteiger partial charge in [-0.1, -0.05) is 23.7 Å². The second-order valence-corrected chi connectivity index (χ2v) is 7.27. The highest BCUT2D eigenvalue weighted by Crippen LogP contribution is 2.32. The van der Waals surface area contributed by atoms with Crippen LogP contribution in [-0.2, 0) is 16.1 Å². The van der Waals surface area contributed by atoms with E-state index in [2.05, 4.69) is 10.6 Å². The van der Waals surface area contributed by atoms with Crippen LogP contribution >= 0.6 is 11.6 Å². The van der Waals surface area contributed by atoms with Crippen LogP contribution in [0.2, 0.25) is 5.02 Å². The van der Waals surface area contributed by atoms with Gasteiger partial charge in [0.05, 0.1) is 0 Å². The molecule has 2 aromatic rings. The lowest BCUT2D eigenvalue weighted by Gasteiger charge is -2.23. The second kappa shape index (κ2) is 7.48. The van der Waals surface area contributed by atoms with Gasteiger partial charge in [-0.05, 0) is 56.2 Å². The van der Waals surface area contributed by atoms with Crippen molar-refractivity contribution in [3.8, 4) is 11.5 Å². The van der Waals surface area contributed by atoms with E-state index in [0.29, 0.717) is 22.2 Å². The van der Waals surface area contributed by atoms with Gasteiger partial charge in [0.15, 0.2) is 11.5 Å². The monoisotopic (exact) mass is 388 g/mol. The van der Waals surface area contributed by atoms with Gasteiger partial charge in [0.1, 0.15) is 5.41 Å². The van der Waals surface area contributed by atoms with Gasteiger partial charge in [-0.2, -0.15) is 0 Å². The maximum atomic E-state index is 12.7. The average molecular weight is 389 g/mol. The fourth-order valence-corrected chi connectivity index (χ4v) is 2.75. The van der Waals surface area contributed by atoms with Crippen LogP contribution in [0, 0.1) is 12.3 Å². The summed E-state index contributed by atoms with van der Waals surface area (Å²) >= 11 is 6.08. The molecule has 2 aromatic carbocycles. The summed E-state index contributed by atoms with van der Waals surface area (Å²) in [5, 5.41) is 6.14. The van der Waals surface area contributed by atoms with E-state index in [0.717, 1.165) is 11.1 Å². The van der Waals surface area contributed by atoms with E-state index in [-0.39, 0.29) is 19.2 Å². The van der Waals surface area contributed by atoms with Crippen LogP contribution in [0.5, 0.6) is 11.5 Å².